The fourth-order valence-corrected chi connectivity index (χ4v) is 3.81. The van der Waals surface area contributed by atoms with Gasteiger partial charge in [-0.1, -0.05) is 48.5 Å². The molecule has 1 heterocycles. The van der Waals surface area contributed by atoms with Crippen LogP contribution in [0.2, 0.25) is 0 Å². The molecule has 0 saturated carbocycles. The van der Waals surface area contributed by atoms with E-state index >= 15 is 0 Å². The van der Waals surface area contributed by atoms with Crippen molar-refractivity contribution in [2.24, 2.45) is 5.92 Å². The number of para-hydroxylation sites is 1. The lowest BCUT2D eigenvalue weighted by Gasteiger charge is -2.32. The summed E-state index contributed by atoms with van der Waals surface area (Å²) in [6, 6.07) is 20.2. The van der Waals surface area contributed by atoms with Crippen molar-refractivity contribution in [3.8, 4) is 0 Å². The van der Waals surface area contributed by atoms with Gasteiger partial charge in [0.1, 0.15) is 0 Å². The Bertz CT molecular complexity index is 675. The van der Waals surface area contributed by atoms with E-state index in [0.717, 1.165) is 24.6 Å². The van der Waals surface area contributed by atoms with E-state index in [4.69, 9.17) is 0 Å². The summed E-state index contributed by atoms with van der Waals surface area (Å²) < 4.78 is 0. The molecule has 1 aliphatic rings. The first-order chi connectivity index (χ1) is 13.3. The lowest BCUT2D eigenvalue weighted by Crippen LogP contribution is -2.38. The highest BCUT2D eigenvalue weighted by Crippen LogP contribution is 2.21. The number of urea groups is 1. The number of piperidine rings is 1. The molecule has 0 spiro atoms. The third kappa shape index (κ3) is 7.06. The molecule has 4 heteroatoms. The van der Waals surface area contributed by atoms with Crippen LogP contribution in [0.5, 0.6) is 0 Å². The smallest absolute Gasteiger partial charge is 0.319 e. The predicted molar refractivity (Wildman–Crippen MR) is 112 cm³/mol. The minimum atomic E-state index is -0.124. The van der Waals surface area contributed by atoms with Crippen LogP contribution in [0.3, 0.4) is 0 Å². The second-order valence-electron chi connectivity index (χ2n) is 7.43. The zero-order valence-corrected chi connectivity index (χ0v) is 16.1. The molecule has 1 atom stereocenters. The molecule has 3 rings (SSSR count). The highest BCUT2D eigenvalue weighted by atomic mass is 16.2. The van der Waals surface area contributed by atoms with Gasteiger partial charge in [0.2, 0.25) is 0 Å². The zero-order chi connectivity index (χ0) is 18.7. The lowest BCUT2D eigenvalue weighted by atomic mass is 9.91. The maximum atomic E-state index is 11.9. The van der Waals surface area contributed by atoms with Gasteiger partial charge >= 0.3 is 6.03 Å². The van der Waals surface area contributed by atoms with Crippen LogP contribution in [0.25, 0.3) is 0 Å². The SMILES string of the molecule is O=C(NCCCN1CCCC(CCc2ccccc2)C1)Nc1ccccc1. The van der Waals surface area contributed by atoms with Crippen LogP contribution < -0.4 is 10.6 Å². The van der Waals surface area contributed by atoms with E-state index < -0.39 is 0 Å². The molecule has 1 aliphatic heterocycles. The molecule has 2 aromatic carbocycles. The Labute approximate surface area is 163 Å². The molecule has 2 aromatic rings. The van der Waals surface area contributed by atoms with Crippen molar-refractivity contribution >= 4 is 11.7 Å². The number of hydrogen-bond acceptors (Lipinski definition) is 2. The Morgan fingerprint density at radius 3 is 2.56 bits per heavy atom. The van der Waals surface area contributed by atoms with Gasteiger partial charge in [-0.15, -0.1) is 0 Å². The summed E-state index contributed by atoms with van der Waals surface area (Å²) in [5.74, 6) is 0.799. The van der Waals surface area contributed by atoms with Gasteiger partial charge in [-0.2, -0.15) is 0 Å². The van der Waals surface area contributed by atoms with E-state index in [0.29, 0.717) is 6.54 Å². The van der Waals surface area contributed by atoms with Crippen molar-refractivity contribution in [1.82, 2.24) is 10.2 Å². The number of rotatable bonds is 8. The third-order valence-corrected chi connectivity index (χ3v) is 5.26. The number of anilines is 1. The molecule has 2 N–H and O–H groups in total. The predicted octanol–water partition coefficient (Wildman–Crippen LogP) is 4.54. The topological polar surface area (TPSA) is 44.4 Å². The van der Waals surface area contributed by atoms with Gasteiger partial charge in [0.05, 0.1) is 0 Å². The third-order valence-electron chi connectivity index (χ3n) is 5.26. The van der Waals surface area contributed by atoms with Crippen molar-refractivity contribution in [2.45, 2.75) is 32.1 Å². The van der Waals surface area contributed by atoms with E-state index in [1.54, 1.807) is 0 Å². The Morgan fingerprint density at radius 1 is 1.04 bits per heavy atom. The number of hydrogen-bond donors (Lipinski definition) is 2. The summed E-state index contributed by atoms with van der Waals surface area (Å²) >= 11 is 0. The molecule has 0 bridgehead atoms. The lowest BCUT2D eigenvalue weighted by molar-refractivity contribution is 0.167. The quantitative estimate of drug-likeness (QED) is 0.675. The standard InChI is InChI=1S/C23H31N3O/c27-23(25-22-12-5-2-6-13-22)24-16-8-18-26-17-7-11-21(19-26)15-14-20-9-3-1-4-10-20/h1-6,9-10,12-13,21H,7-8,11,14-19H2,(H2,24,25,27). The molecule has 1 saturated heterocycles. The van der Waals surface area contributed by atoms with Gasteiger partial charge in [-0.05, 0) is 68.8 Å². The van der Waals surface area contributed by atoms with Crippen LogP contribution in [-0.2, 0) is 6.42 Å². The molecule has 1 unspecified atom stereocenters. The summed E-state index contributed by atoms with van der Waals surface area (Å²) in [6.45, 7) is 4.17. The van der Waals surface area contributed by atoms with Crippen molar-refractivity contribution in [3.63, 3.8) is 0 Å². The molecule has 27 heavy (non-hydrogen) atoms. The first kappa shape index (κ1) is 19.4. The maximum Gasteiger partial charge on any atom is 0.319 e. The van der Waals surface area contributed by atoms with Crippen LogP contribution >= 0.6 is 0 Å². The zero-order valence-electron chi connectivity index (χ0n) is 16.1. The number of aryl methyl sites for hydroxylation is 1. The summed E-state index contributed by atoms with van der Waals surface area (Å²) in [7, 11) is 0. The van der Waals surface area contributed by atoms with Crippen LogP contribution in [-0.4, -0.2) is 37.1 Å². The van der Waals surface area contributed by atoms with Gasteiger partial charge < -0.3 is 15.5 Å². The van der Waals surface area contributed by atoms with Crippen molar-refractivity contribution in [2.75, 3.05) is 31.5 Å². The van der Waals surface area contributed by atoms with E-state index in [1.165, 1.54) is 44.3 Å². The van der Waals surface area contributed by atoms with Crippen molar-refractivity contribution in [3.05, 3.63) is 66.2 Å². The van der Waals surface area contributed by atoms with E-state index in [1.807, 2.05) is 30.3 Å². The number of amides is 2. The largest absolute Gasteiger partial charge is 0.338 e. The number of likely N-dealkylation sites (tertiary alicyclic amines) is 1. The molecular formula is C23H31N3O. The average molecular weight is 366 g/mol. The number of nitrogens with one attached hydrogen (secondary N) is 2. The normalized spacial score (nSPS) is 17.4. The molecule has 144 valence electrons. The summed E-state index contributed by atoms with van der Waals surface area (Å²) in [4.78, 5) is 14.5. The van der Waals surface area contributed by atoms with E-state index in [9.17, 15) is 4.79 Å². The summed E-state index contributed by atoms with van der Waals surface area (Å²) in [5.41, 5.74) is 2.27. The highest BCUT2D eigenvalue weighted by molar-refractivity contribution is 5.89. The number of nitrogens with zero attached hydrogens (tertiary/aromatic N) is 1. The van der Waals surface area contributed by atoms with E-state index in [2.05, 4.69) is 45.9 Å². The fraction of sp³-hybridized carbons (Fsp3) is 0.435. The van der Waals surface area contributed by atoms with Gasteiger partial charge in [-0.25, -0.2) is 4.79 Å². The van der Waals surface area contributed by atoms with Crippen LogP contribution in [0.1, 0.15) is 31.2 Å². The summed E-state index contributed by atoms with van der Waals surface area (Å²) in [6.07, 6.45) is 6.09. The molecule has 0 aliphatic carbocycles. The Kier molecular flexibility index (Phi) is 7.72. The minimum Gasteiger partial charge on any atom is -0.338 e. The first-order valence-electron chi connectivity index (χ1n) is 10.2. The second kappa shape index (κ2) is 10.7. The van der Waals surface area contributed by atoms with Gasteiger partial charge in [0.25, 0.3) is 0 Å². The van der Waals surface area contributed by atoms with Gasteiger partial charge in [0.15, 0.2) is 0 Å². The molecule has 0 radical (unpaired) electrons. The monoisotopic (exact) mass is 365 g/mol. The first-order valence-corrected chi connectivity index (χ1v) is 10.2. The summed E-state index contributed by atoms with van der Waals surface area (Å²) in [5, 5.41) is 5.81. The number of carbonyl (C=O) groups is 1. The Morgan fingerprint density at radius 2 is 1.78 bits per heavy atom. The average Bonchev–Trinajstić information content (AvgIpc) is 2.72. The fourth-order valence-electron chi connectivity index (χ4n) is 3.81. The maximum absolute atomic E-state index is 11.9. The van der Waals surface area contributed by atoms with Crippen LogP contribution in [0.15, 0.2) is 60.7 Å². The van der Waals surface area contributed by atoms with Crippen molar-refractivity contribution < 1.29 is 4.79 Å². The second-order valence-corrected chi connectivity index (χ2v) is 7.43. The Hall–Kier alpha value is -2.33. The van der Waals surface area contributed by atoms with Gasteiger partial charge in [0, 0.05) is 18.8 Å². The minimum absolute atomic E-state index is 0.124. The number of benzene rings is 2. The van der Waals surface area contributed by atoms with Gasteiger partial charge in [-0.3, -0.25) is 0 Å². The number of carbonyl (C=O) groups excluding carboxylic acids is 1. The Balaban J connectivity index is 1.29. The molecular weight excluding hydrogens is 334 g/mol. The van der Waals surface area contributed by atoms with Crippen LogP contribution in [0.4, 0.5) is 10.5 Å². The van der Waals surface area contributed by atoms with E-state index in [-0.39, 0.29) is 6.03 Å². The van der Waals surface area contributed by atoms with Crippen LogP contribution in [0, 0.1) is 5.92 Å². The molecule has 4 nitrogen and oxygen atoms in total. The highest BCUT2D eigenvalue weighted by Gasteiger charge is 2.19. The molecule has 2 amide bonds. The van der Waals surface area contributed by atoms with Crippen molar-refractivity contribution in [1.29, 1.82) is 0 Å². The molecule has 1 fully saturated rings. The molecule has 0 aromatic heterocycles.